The molecule has 0 atom stereocenters. The standard InChI is InChI=1S/C8H7NO2S2/c1-2-11-8(10)7-9-6-5(13-7)3-4-12-6/h3-4H,2H2,1H3. The Morgan fingerprint density at radius 3 is 3.23 bits per heavy atom. The maximum absolute atomic E-state index is 11.2. The summed E-state index contributed by atoms with van der Waals surface area (Å²) in [5.74, 6) is -0.323. The van der Waals surface area contributed by atoms with Crippen LogP contribution in [0.4, 0.5) is 0 Å². The molecule has 0 unspecified atom stereocenters. The molecule has 2 rings (SSSR count). The van der Waals surface area contributed by atoms with Crippen molar-refractivity contribution in [1.29, 1.82) is 0 Å². The Bertz CT molecular complexity index is 403. The molecule has 0 aliphatic carbocycles. The number of nitrogens with zero attached hydrogens (tertiary/aromatic N) is 1. The summed E-state index contributed by atoms with van der Waals surface area (Å²) in [7, 11) is 0. The van der Waals surface area contributed by atoms with Crippen LogP contribution in [0.15, 0.2) is 11.4 Å². The molecular formula is C8H7NO2S2. The maximum atomic E-state index is 11.2. The van der Waals surface area contributed by atoms with Crippen molar-refractivity contribution in [2.75, 3.05) is 6.61 Å². The van der Waals surface area contributed by atoms with E-state index in [2.05, 4.69) is 4.98 Å². The van der Waals surface area contributed by atoms with Crippen LogP contribution in [0.1, 0.15) is 16.7 Å². The van der Waals surface area contributed by atoms with Crippen LogP contribution >= 0.6 is 22.7 Å². The minimum Gasteiger partial charge on any atom is -0.461 e. The second kappa shape index (κ2) is 3.43. The molecule has 13 heavy (non-hydrogen) atoms. The van der Waals surface area contributed by atoms with Crippen LogP contribution in [-0.4, -0.2) is 17.6 Å². The number of ether oxygens (including phenoxy) is 1. The van der Waals surface area contributed by atoms with Gasteiger partial charge in [0.1, 0.15) is 4.83 Å². The lowest BCUT2D eigenvalue weighted by atomic mass is 10.6. The highest BCUT2D eigenvalue weighted by Gasteiger charge is 2.13. The zero-order valence-electron chi connectivity index (χ0n) is 6.94. The van der Waals surface area contributed by atoms with Crippen molar-refractivity contribution in [2.24, 2.45) is 0 Å². The number of rotatable bonds is 2. The van der Waals surface area contributed by atoms with Crippen molar-refractivity contribution >= 4 is 38.2 Å². The first kappa shape index (κ1) is 8.65. The van der Waals surface area contributed by atoms with E-state index in [-0.39, 0.29) is 5.97 Å². The molecule has 0 radical (unpaired) electrons. The van der Waals surface area contributed by atoms with Crippen molar-refractivity contribution in [2.45, 2.75) is 6.92 Å². The number of aromatic nitrogens is 1. The monoisotopic (exact) mass is 213 g/mol. The van der Waals surface area contributed by atoms with Gasteiger partial charge in [-0.05, 0) is 18.4 Å². The Morgan fingerprint density at radius 2 is 2.54 bits per heavy atom. The van der Waals surface area contributed by atoms with Gasteiger partial charge in [-0.2, -0.15) is 0 Å². The van der Waals surface area contributed by atoms with E-state index in [0.29, 0.717) is 11.6 Å². The smallest absolute Gasteiger partial charge is 0.367 e. The molecular weight excluding hydrogens is 206 g/mol. The van der Waals surface area contributed by atoms with Crippen LogP contribution in [0.5, 0.6) is 0 Å². The summed E-state index contributed by atoms with van der Waals surface area (Å²) in [4.78, 5) is 16.3. The highest BCUT2D eigenvalue weighted by molar-refractivity contribution is 7.27. The largest absolute Gasteiger partial charge is 0.461 e. The van der Waals surface area contributed by atoms with Gasteiger partial charge in [-0.25, -0.2) is 9.78 Å². The van der Waals surface area contributed by atoms with E-state index in [4.69, 9.17) is 4.74 Å². The number of hydrogen-bond donors (Lipinski definition) is 0. The fraction of sp³-hybridized carbons (Fsp3) is 0.250. The van der Waals surface area contributed by atoms with Crippen molar-refractivity contribution in [3.8, 4) is 0 Å². The lowest BCUT2D eigenvalue weighted by molar-refractivity contribution is 0.0526. The normalized spacial score (nSPS) is 10.5. The van der Waals surface area contributed by atoms with Gasteiger partial charge in [0.25, 0.3) is 0 Å². The average molecular weight is 213 g/mol. The molecule has 0 aliphatic heterocycles. The topological polar surface area (TPSA) is 39.2 Å². The van der Waals surface area contributed by atoms with Crippen LogP contribution in [-0.2, 0) is 4.74 Å². The lowest BCUT2D eigenvalue weighted by Crippen LogP contribution is -2.03. The highest BCUT2D eigenvalue weighted by Crippen LogP contribution is 2.26. The maximum Gasteiger partial charge on any atom is 0.367 e. The molecule has 2 heterocycles. The number of esters is 1. The van der Waals surface area contributed by atoms with E-state index >= 15 is 0 Å². The number of hydrogen-bond acceptors (Lipinski definition) is 5. The molecule has 0 aliphatic rings. The molecule has 0 aromatic carbocycles. The molecule has 0 fully saturated rings. The van der Waals surface area contributed by atoms with Gasteiger partial charge in [-0.1, -0.05) is 0 Å². The predicted molar refractivity (Wildman–Crippen MR) is 53.5 cm³/mol. The molecule has 0 saturated heterocycles. The van der Waals surface area contributed by atoms with E-state index in [1.165, 1.54) is 22.7 Å². The lowest BCUT2D eigenvalue weighted by Gasteiger charge is -1.94. The average Bonchev–Trinajstić information content (AvgIpc) is 2.61. The molecule has 0 bridgehead atoms. The number of thiophene rings is 1. The number of carbonyl (C=O) groups excluding carboxylic acids is 1. The van der Waals surface area contributed by atoms with Crippen LogP contribution in [0, 0.1) is 0 Å². The zero-order valence-corrected chi connectivity index (χ0v) is 8.58. The number of fused-ring (bicyclic) bond motifs is 1. The Morgan fingerprint density at radius 1 is 1.69 bits per heavy atom. The molecule has 2 aromatic heterocycles. The van der Waals surface area contributed by atoms with Crippen molar-refractivity contribution in [3.63, 3.8) is 0 Å². The first-order valence-corrected chi connectivity index (χ1v) is 5.52. The molecule has 5 heteroatoms. The predicted octanol–water partition coefficient (Wildman–Crippen LogP) is 2.53. The highest BCUT2D eigenvalue weighted by atomic mass is 32.1. The summed E-state index contributed by atoms with van der Waals surface area (Å²) in [5.41, 5.74) is 0. The SMILES string of the molecule is CCOC(=O)c1nc2sccc2s1. The third kappa shape index (κ3) is 1.57. The second-order valence-corrected chi connectivity index (χ2v) is 4.25. The second-order valence-electron chi connectivity index (χ2n) is 2.33. The quantitative estimate of drug-likeness (QED) is 0.720. The van der Waals surface area contributed by atoms with Gasteiger partial charge in [-0.15, -0.1) is 22.7 Å². The molecule has 0 amide bonds. The summed E-state index contributed by atoms with van der Waals surface area (Å²) in [5, 5.41) is 2.41. The number of carbonyl (C=O) groups is 1. The summed E-state index contributed by atoms with van der Waals surface area (Å²) in [6, 6.07) is 1.96. The first-order chi connectivity index (χ1) is 6.31. The minimum absolute atomic E-state index is 0.323. The van der Waals surface area contributed by atoms with Crippen LogP contribution in [0.3, 0.4) is 0 Å². The van der Waals surface area contributed by atoms with Crippen molar-refractivity contribution in [1.82, 2.24) is 4.98 Å². The first-order valence-electron chi connectivity index (χ1n) is 3.82. The summed E-state index contributed by atoms with van der Waals surface area (Å²) in [6.07, 6.45) is 0. The van der Waals surface area contributed by atoms with E-state index in [1.807, 2.05) is 11.4 Å². The molecule has 0 spiro atoms. The molecule has 2 aromatic rings. The van der Waals surface area contributed by atoms with E-state index < -0.39 is 0 Å². The van der Waals surface area contributed by atoms with Crippen molar-refractivity contribution < 1.29 is 9.53 Å². The fourth-order valence-electron chi connectivity index (χ4n) is 0.948. The Kier molecular flexibility index (Phi) is 2.28. The zero-order chi connectivity index (χ0) is 9.26. The van der Waals surface area contributed by atoms with E-state index in [1.54, 1.807) is 6.92 Å². The van der Waals surface area contributed by atoms with Gasteiger partial charge < -0.3 is 4.74 Å². The fourth-order valence-corrected chi connectivity index (χ4v) is 2.78. The van der Waals surface area contributed by atoms with Gasteiger partial charge in [0.2, 0.25) is 5.01 Å². The summed E-state index contributed by atoms with van der Waals surface area (Å²) in [6.45, 7) is 2.18. The summed E-state index contributed by atoms with van der Waals surface area (Å²) >= 11 is 2.91. The van der Waals surface area contributed by atoms with Crippen molar-refractivity contribution in [3.05, 3.63) is 16.5 Å². The van der Waals surface area contributed by atoms with Gasteiger partial charge in [-0.3, -0.25) is 0 Å². The van der Waals surface area contributed by atoms with Gasteiger partial charge in [0, 0.05) is 0 Å². The Balaban J connectivity index is 2.34. The number of thiazole rings is 1. The van der Waals surface area contributed by atoms with Gasteiger partial charge in [0.05, 0.1) is 11.3 Å². The third-order valence-corrected chi connectivity index (χ3v) is 3.41. The molecule has 68 valence electrons. The van der Waals surface area contributed by atoms with Gasteiger partial charge >= 0.3 is 5.97 Å². The molecule has 3 nitrogen and oxygen atoms in total. The van der Waals surface area contributed by atoms with Crippen LogP contribution in [0.25, 0.3) is 9.53 Å². The van der Waals surface area contributed by atoms with E-state index in [0.717, 1.165) is 9.53 Å². The van der Waals surface area contributed by atoms with Crippen LogP contribution < -0.4 is 0 Å². The minimum atomic E-state index is -0.323. The van der Waals surface area contributed by atoms with Gasteiger partial charge in [0.15, 0.2) is 0 Å². The Hall–Kier alpha value is -0.940. The van der Waals surface area contributed by atoms with E-state index in [9.17, 15) is 4.79 Å². The summed E-state index contributed by atoms with van der Waals surface area (Å²) < 4.78 is 5.89. The molecule has 0 saturated carbocycles. The van der Waals surface area contributed by atoms with Crippen LogP contribution in [0.2, 0.25) is 0 Å². The Labute approximate surface area is 83.0 Å². The third-order valence-electron chi connectivity index (χ3n) is 1.47. The molecule has 0 N–H and O–H groups in total.